The summed E-state index contributed by atoms with van der Waals surface area (Å²) in [5.74, 6) is 0. The summed E-state index contributed by atoms with van der Waals surface area (Å²) in [5.41, 5.74) is 0. The zero-order valence-corrected chi connectivity index (χ0v) is 7.79. The normalized spacial score (nSPS) is 0.500. The van der Waals surface area contributed by atoms with Gasteiger partial charge in [-0.1, -0.05) is 0 Å². The van der Waals surface area contributed by atoms with E-state index in [0.717, 1.165) is 0 Å². The molecule has 32 valence electrons. The molecular weight excluding hydrogens is 224 g/mol. The van der Waals surface area contributed by atoms with Crippen LogP contribution in [0.5, 0.6) is 0 Å². The van der Waals surface area contributed by atoms with E-state index in [-0.39, 0.29) is 80.0 Å². The van der Waals surface area contributed by atoms with Crippen molar-refractivity contribution >= 4 is 40.4 Å². The van der Waals surface area contributed by atoms with Gasteiger partial charge in [0.15, 0.2) is 17.4 Å². The van der Waals surface area contributed by atoms with Gasteiger partial charge >= 0.3 is 69.5 Å². The van der Waals surface area contributed by atoms with E-state index in [1.54, 1.807) is 0 Å². The molecule has 0 saturated heterocycles. The Hall–Kier alpha value is 3.07. The van der Waals surface area contributed by atoms with Crippen LogP contribution < -0.4 is 18.9 Å². The van der Waals surface area contributed by atoms with Crippen LogP contribution in [0.3, 0.4) is 0 Å². The van der Waals surface area contributed by atoms with Gasteiger partial charge < -0.3 is 4.28 Å². The molecule has 6 heteroatoms. The Kier molecular flexibility index (Phi) is 254. The number of rotatable bonds is 0. The Morgan fingerprint density at radius 2 is 1.33 bits per heavy atom. The molecule has 0 fully saturated rings. The van der Waals surface area contributed by atoms with Crippen LogP contribution in [0.25, 0.3) is 0 Å². The molecule has 0 unspecified atom stereocenters. The van der Waals surface area contributed by atoms with E-state index in [1.165, 1.54) is 0 Å². The summed E-state index contributed by atoms with van der Waals surface area (Å²) in [6.07, 6.45) is 0. The SMILES string of the molecule is [AlH3].[H-].[H-].[H-].[Li+].[Mg+2].[Ni].[O]=[Zr]. The zero-order valence-electron chi connectivity index (χ0n) is 5.93. The second-order valence-corrected chi connectivity index (χ2v) is 0. The molecule has 0 spiro atoms. The molecule has 0 heterocycles. The third kappa shape index (κ3) is 27.6. The van der Waals surface area contributed by atoms with Crippen molar-refractivity contribution in [3.05, 3.63) is 0 Å². The molecule has 0 bridgehead atoms. The molecule has 0 aliphatic carbocycles. The molecule has 0 aromatic carbocycles. The van der Waals surface area contributed by atoms with Gasteiger partial charge in [0.2, 0.25) is 0 Å². The Morgan fingerprint density at radius 3 is 1.33 bits per heavy atom. The van der Waals surface area contributed by atoms with E-state index >= 15 is 0 Å². The van der Waals surface area contributed by atoms with E-state index in [0.29, 0.717) is 24.7 Å². The van der Waals surface area contributed by atoms with Crippen molar-refractivity contribution in [1.29, 1.82) is 0 Å². The third-order valence-electron chi connectivity index (χ3n) is 0. The second-order valence-electron chi connectivity index (χ2n) is 0. The van der Waals surface area contributed by atoms with Crippen LogP contribution >= 0.6 is 0 Å². The summed E-state index contributed by atoms with van der Waals surface area (Å²) in [4.78, 5) is 0. The average molecular weight is 230 g/mol. The van der Waals surface area contributed by atoms with Gasteiger partial charge in [-0.3, -0.25) is 0 Å². The van der Waals surface area contributed by atoms with Crippen LogP contribution in [0.1, 0.15) is 4.28 Å². The van der Waals surface area contributed by atoms with Gasteiger partial charge in [-0.05, 0) is 0 Å². The maximum absolute atomic E-state index is 8.34. The van der Waals surface area contributed by atoms with Crippen LogP contribution in [0, 0.1) is 0 Å². The van der Waals surface area contributed by atoms with Crippen LogP contribution in [-0.2, 0) is 44.0 Å². The minimum absolute atomic E-state index is 0. The summed E-state index contributed by atoms with van der Waals surface area (Å²) in [6, 6.07) is 0. The first kappa shape index (κ1) is 35.6. The van der Waals surface area contributed by atoms with Crippen LogP contribution in [0.15, 0.2) is 0 Å². The quantitative estimate of drug-likeness (QED) is 0.384. The fraction of sp³-hybridized carbons (Fsp3) is 0. The molecule has 0 aromatic rings. The first-order chi connectivity index (χ1) is 1.00. The van der Waals surface area contributed by atoms with Gasteiger partial charge in [-0.15, -0.1) is 0 Å². The maximum atomic E-state index is 8.34. The first-order valence-electron chi connectivity index (χ1n) is 0.204. The summed E-state index contributed by atoms with van der Waals surface area (Å²) < 4.78 is 8.34. The van der Waals surface area contributed by atoms with E-state index in [9.17, 15) is 0 Å². The van der Waals surface area contributed by atoms with Crippen molar-refractivity contribution in [3.63, 3.8) is 0 Å². The standard InChI is InChI=1S/Al.Li.Mg.Ni.O.Zr.6H/q;+1;+2;;;;;;;3*-1. The van der Waals surface area contributed by atoms with Gasteiger partial charge in [0.25, 0.3) is 0 Å². The van der Waals surface area contributed by atoms with Crippen molar-refractivity contribution in [1.82, 2.24) is 0 Å². The van der Waals surface area contributed by atoms with Gasteiger partial charge in [0.1, 0.15) is 0 Å². The predicted molar refractivity (Wildman–Crippen MR) is 19.7 cm³/mol. The van der Waals surface area contributed by atoms with Crippen molar-refractivity contribution < 1.29 is 67.2 Å². The zero-order chi connectivity index (χ0) is 2.00. The third-order valence-corrected chi connectivity index (χ3v) is 0. The number of hydrogen-bond donors (Lipinski definition) is 0. The van der Waals surface area contributed by atoms with E-state index < -0.39 is 0 Å². The molecule has 1 nitrogen and oxygen atoms in total. The molecule has 0 rings (SSSR count). The van der Waals surface area contributed by atoms with Crippen molar-refractivity contribution in [3.8, 4) is 0 Å². The van der Waals surface area contributed by atoms with Gasteiger partial charge in [-0.2, -0.15) is 0 Å². The van der Waals surface area contributed by atoms with Crippen LogP contribution in [0.4, 0.5) is 0 Å². The molecule has 0 aromatic heterocycles. The Bertz CT molecular complexity index is 23.8. The molecule has 0 atom stereocenters. The summed E-state index contributed by atoms with van der Waals surface area (Å²) in [7, 11) is 0. The fourth-order valence-electron chi connectivity index (χ4n) is 0. The van der Waals surface area contributed by atoms with Gasteiger partial charge in [0.05, 0.1) is 0 Å². The van der Waals surface area contributed by atoms with Gasteiger partial charge in [-0.25, -0.2) is 0 Å². The van der Waals surface area contributed by atoms with E-state index in [1.807, 2.05) is 0 Å². The van der Waals surface area contributed by atoms with E-state index in [2.05, 4.69) is 0 Å². The second kappa shape index (κ2) is 42.8. The summed E-state index contributed by atoms with van der Waals surface area (Å²) >= 11 is 0.300. The Balaban J connectivity index is -0.000000000238. The molecule has 0 N–H and O–H groups in total. The minimum atomic E-state index is 0. The molecule has 6 heavy (non-hydrogen) atoms. The topological polar surface area (TPSA) is 17.1 Å². The summed E-state index contributed by atoms with van der Waals surface area (Å²) in [6.45, 7) is 0. The molecule has 0 amide bonds. The first-order valence-corrected chi connectivity index (χ1v) is 1.21. The fourth-order valence-corrected chi connectivity index (χ4v) is 0. The summed E-state index contributed by atoms with van der Waals surface area (Å²) in [5, 5.41) is 0. The van der Waals surface area contributed by atoms with E-state index in [4.69, 9.17) is 2.81 Å². The van der Waals surface area contributed by atoms with Crippen LogP contribution in [0.2, 0.25) is 0 Å². The Morgan fingerprint density at radius 1 is 1.33 bits per heavy atom. The molecule has 0 aliphatic rings. The molecule has 0 aliphatic heterocycles. The van der Waals surface area contributed by atoms with Crippen LogP contribution in [-0.4, -0.2) is 40.4 Å². The van der Waals surface area contributed by atoms with Crippen molar-refractivity contribution in [2.45, 2.75) is 0 Å². The monoisotopic (exact) mass is 228 g/mol. The predicted octanol–water partition coefficient (Wildman–Crippen LogP) is -4.35. The average Bonchev–Trinajstić information content (AvgIpc) is 1.00. The molecule has 0 saturated carbocycles. The molecular formula is H6AlLiMgNiOZr. The Labute approximate surface area is 106 Å². The number of hydrogen-bond acceptors (Lipinski definition) is 1. The van der Waals surface area contributed by atoms with Crippen molar-refractivity contribution in [2.75, 3.05) is 0 Å². The van der Waals surface area contributed by atoms with Gasteiger partial charge in [0, 0.05) is 16.5 Å². The van der Waals surface area contributed by atoms with Crippen molar-refractivity contribution in [2.24, 2.45) is 0 Å². The molecule has 0 radical (unpaired) electrons.